The van der Waals surface area contributed by atoms with E-state index in [4.69, 9.17) is 4.74 Å². The van der Waals surface area contributed by atoms with Gasteiger partial charge in [-0.15, -0.1) is 24.0 Å². The summed E-state index contributed by atoms with van der Waals surface area (Å²) >= 11 is 0. The van der Waals surface area contributed by atoms with Gasteiger partial charge in [0.2, 0.25) is 0 Å². The van der Waals surface area contributed by atoms with Crippen molar-refractivity contribution in [3.63, 3.8) is 0 Å². The number of nitrogens with zero attached hydrogens (tertiary/aromatic N) is 2. The van der Waals surface area contributed by atoms with Crippen LogP contribution in [0.5, 0.6) is 0 Å². The lowest BCUT2D eigenvalue weighted by Crippen LogP contribution is -2.48. The van der Waals surface area contributed by atoms with Crippen molar-refractivity contribution in [1.29, 1.82) is 0 Å². The first-order valence-electron chi connectivity index (χ1n) is 10.3. The van der Waals surface area contributed by atoms with Crippen LogP contribution in [0.15, 0.2) is 23.2 Å². The Balaban J connectivity index is 0.00000450. The molecule has 172 valence electrons. The van der Waals surface area contributed by atoms with Gasteiger partial charge < -0.3 is 20.3 Å². The fourth-order valence-corrected chi connectivity index (χ4v) is 4.02. The lowest BCUT2D eigenvalue weighted by atomic mass is 9.78. The number of ether oxygens (including phenoxy) is 1. The summed E-state index contributed by atoms with van der Waals surface area (Å²) in [5.41, 5.74) is 0.135. The van der Waals surface area contributed by atoms with Gasteiger partial charge in [-0.3, -0.25) is 4.99 Å². The Morgan fingerprint density at radius 1 is 1.23 bits per heavy atom. The van der Waals surface area contributed by atoms with Crippen molar-refractivity contribution in [2.24, 2.45) is 16.3 Å². The molecule has 1 aliphatic rings. The minimum atomic E-state index is -0.541. The number of halogens is 3. The number of benzene rings is 1. The first-order valence-corrected chi connectivity index (χ1v) is 10.3. The van der Waals surface area contributed by atoms with Gasteiger partial charge in [-0.2, -0.15) is 0 Å². The number of nitrogens with one attached hydrogen (secondary N) is 2. The Morgan fingerprint density at radius 2 is 1.87 bits per heavy atom. The van der Waals surface area contributed by atoms with E-state index < -0.39 is 17.7 Å². The maximum atomic E-state index is 14.3. The van der Waals surface area contributed by atoms with E-state index in [1.807, 2.05) is 14.1 Å². The first kappa shape index (κ1) is 27.0. The molecule has 3 atom stereocenters. The second-order valence-electron chi connectivity index (χ2n) is 9.01. The quantitative estimate of drug-likeness (QED) is 0.324. The van der Waals surface area contributed by atoms with Crippen molar-refractivity contribution in [2.45, 2.75) is 45.8 Å². The van der Waals surface area contributed by atoms with Crippen molar-refractivity contribution >= 4 is 29.9 Å². The van der Waals surface area contributed by atoms with Crippen molar-refractivity contribution in [1.82, 2.24) is 15.5 Å². The van der Waals surface area contributed by atoms with Crippen molar-refractivity contribution in [3.8, 4) is 0 Å². The molecule has 5 nitrogen and oxygen atoms in total. The Bertz CT molecular complexity index is 674. The molecule has 0 radical (unpaired) electrons. The summed E-state index contributed by atoms with van der Waals surface area (Å²) in [5.74, 6) is -0.0792. The molecule has 1 fully saturated rings. The van der Waals surface area contributed by atoms with Crippen LogP contribution in [0.25, 0.3) is 0 Å². The molecular weight excluding hydrogens is 501 g/mol. The zero-order valence-corrected chi connectivity index (χ0v) is 21.3. The third-order valence-electron chi connectivity index (χ3n) is 5.47. The topological polar surface area (TPSA) is 48.9 Å². The smallest absolute Gasteiger partial charge is 0.191 e. The maximum absolute atomic E-state index is 14.3. The predicted molar refractivity (Wildman–Crippen MR) is 129 cm³/mol. The lowest BCUT2D eigenvalue weighted by Gasteiger charge is -2.40. The van der Waals surface area contributed by atoms with Crippen LogP contribution in [0.2, 0.25) is 0 Å². The van der Waals surface area contributed by atoms with E-state index in [0.29, 0.717) is 18.4 Å². The van der Waals surface area contributed by atoms with Gasteiger partial charge in [0.1, 0.15) is 11.6 Å². The highest BCUT2D eigenvalue weighted by molar-refractivity contribution is 14.0. The van der Waals surface area contributed by atoms with Gasteiger partial charge >= 0.3 is 0 Å². The summed E-state index contributed by atoms with van der Waals surface area (Å²) in [5, 5.41) is 6.59. The second kappa shape index (κ2) is 12.1. The average molecular weight is 538 g/mol. The van der Waals surface area contributed by atoms with Crippen LogP contribution in [-0.2, 0) is 4.74 Å². The zero-order valence-electron chi connectivity index (χ0n) is 19.0. The van der Waals surface area contributed by atoms with Crippen LogP contribution in [0.3, 0.4) is 0 Å². The minimum absolute atomic E-state index is 0. The number of hydrogen-bond acceptors (Lipinski definition) is 3. The van der Waals surface area contributed by atoms with Gasteiger partial charge in [0.15, 0.2) is 5.96 Å². The summed E-state index contributed by atoms with van der Waals surface area (Å²) in [7, 11) is 5.31. The third kappa shape index (κ3) is 7.30. The summed E-state index contributed by atoms with van der Waals surface area (Å²) in [6.07, 6.45) is 2.34. The second-order valence-corrected chi connectivity index (χ2v) is 9.01. The van der Waals surface area contributed by atoms with E-state index >= 15 is 0 Å². The summed E-state index contributed by atoms with van der Waals surface area (Å²) in [6, 6.07) is 3.50. The molecule has 2 rings (SSSR count). The van der Waals surface area contributed by atoms with Crippen LogP contribution in [-0.4, -0.2) is 57.8 Å². The Kier molecular flexibility index (Phi) is 10.9. The highest BCUT2D eigenvalue weighted by Gasteiger charge is 2.35. The van der Waals surface area contributed by atoms with E-state index in [1.54, 1.807) is 11.9 Å². The Morgan fingerprint density at radius 3 is 2.40 bits per heavy atom. The van der Waals surface area contributed by atoms with Crippen LogP contribution in [0.1, 0.15) is 45.2 Å². The van der Waals surface area contributed by atoms with Gasteiger partial charge in [0.25, 0.3) is 0 Å². The minimum Gasteiger partial charge on any atom is -0.377 e. The molecule has 0 aromatic heterocycles. The van der Waals surface area contributed by atoms with Crippen molar-refractivity contribution < 1.29 is 13.5 Å². The van der Waals surface area contributed by atoms with E-state index in [9.17, 15) is 8.78 Å². The van der Waals surface area contributed by atoms with Gasteiger partial charge in [-0.25, -0.2) is 8.78 Å². The number of guanidine groups is 1. The third-order valence-corrected chi connectivity index (χ3v) is 5.47. The van der Waals surface area contributed by atoms with Gasteiger partial charge in [-0.1, -0.05) is 26.8 Å². The summed E-state index contributed by atoms with van der Waals surface area (Å²) in [6.45, 7) is 8.48. The molecule has 0 amide bonds. The van der Waals surface area contributed by atoms with E-state index in [0.717, 1.165) is 26.0 Å². The van der Waals surface area contributed by atoms with Gasteiger partial charge in [0, 0.05) is 38.2 Å². The number of aliphatic imine (C=N–C) groups is 1. The van der Waals surface area contributed by atoms with E-state index in [1.165, 1.54) is 18.2 Å². The van der Waals surface area contributed by atoms with Crippen molar-refractivity contribution in [2.75, 3.05) is 40.8 Å². The number of rotatable bonds is 6. The summed E-state index contributed by atoms with van der Waals surface area (Å²) in [4.78, 5) is 6.08. The molecule has 0 bridgehead atoms. The molecule has 1 aliphatic heterocycles. The Labute approximate surface area is 197 Å². The van der Waals surface area contributed by atoms with Crippen LogP contribution < -0.4 is 10.6 Å². The number of hydrogen-bond donors (Lipinski definition) is 2. The average Bonchev–Trinajstić information content (AvgIpc) is 2.65. The molecule has 2 N–H and O–H groups in total. The molecule has 30 heavy (non-hydrogen) atoms. The molecule has 3 unspecified atom stereocenters. The molecule has 1 aromatic carbocycles. The molecule has 8 heteroatoms. The molecule has 1 saturated heterocycles. The first-order chi connectivity index (χ1) is 13.6. The number of likely N-dealkylation sites (N-methyl/N-ethyl adjacent to an activating group) is 1. The highest BCUT2D eigenvalue weighted by atomic mass is 127. The SMILES string of the molecule is CN=C(NCC1CCCOC1C(C)(C)C)NCC(c1c(F)cccc1F)N(C)C.I. The summed E-state index contributed by atoms with van der Waals surface area (Å²) < 4.78 is 34.6. The monoisotopic (exact) mass is 538 g/mol. The predicted octanol–water partition coefficient (Wildman–Crippen LogP) is 4.19. The van der Waals surface area contributed by atoms with Crippen LogP contribution in [0, 0.1) is 23.0 Å². The molecule has 1 heterocycles. The molecule has 0 saturated carbocycles. The molecular formula is C22H37F2IN4O. The van der Waals surface area contributed by atoms with E-state index in [2.05, 4.69) is 36.4 Å². The zero-order chi connectivity index (χ0) is 21.6. The van der Waals surface area contributed by atoms with Gasteiger partial charge in [0.05, 0.1) is 12.1 Å². The Hall–Kier alpha value is -1.000. The largest absolute Gasteiger partial charge is 0.377 e. The lowest BCUT2D eigenvalue weighted by molar-refractivity contribution is -0.0835. The highest BCUT2D eigenvalue weighted by Crippen LogP contribution is 2.33. The van der Waals surface area contributed by atoms with Crippen LogP contribution >= 0.6 is 24.0 Å². The molecule has 1 aromatic rings. The van der Waals surface area contributed by atoms with Gasteiger partial charge in [-0.05, 0) is 44.5 Å². The maximum Gasteiger partial charge on any atom is 0.191 e. The van der Waals surface area contributed by atoms with Crippen molar-refractivity contribution in [3.05, 3.63) is 35.4 Å². The van der Waals surface area contributed by atoms with Crippen LogP contribution in [0.4, 0.5) is 8.78 Å². The fourth-order valence-electron chi connectivity index (χ4n) is 4.02. The fraction of sp³-hybridized carbons (Fsp3) is 0.682. The standard InChI is InChI=1S/C22H36F2N4O.HI/c1-22(2,3)20-15(9-8-12-29-20)13-26-21(25-4)27-14-18(28(5)6)19-16(23)10-7-11-17(19)24;/h7,10-11,15,18,20H,8-9,12-14H2,1-6H3,(H2,25,26,27);1H. The van der Waals surface area contributed by atoms with E-state index in [-0.39, 0.29) is 41.1 Å². The molecule has 0 aliphatic carbocycles. The molecule has 0 spiro atoms. The normalized spacial score (nSPS) is 21.2.